The summed E-state index contributed by atoms with van der Waals surface area (Å²) in [5.74, 6) is -6.38. The number of carbonyl (C=O) groups is 12. The molecule has 2 aliphatic heterocycles. The number of para-hydroxylation sites is 1. The third kappa shape index (κ3) is 42.2. The second-order valence-electron chi connectivity index (χ2n) is 28.7. The van der Waals surface area contributed by atoms with Gasteiger partial charge >= 0.3 is 180 Å². The summed E-state index contributed by atoms with van der Waals surface area (Å²) in [7, 11) is -17.0. The van der Waals surface area contributed by atoms with Gasteiger partial charge in [0.1, 0.15) is 50.9 Å². The second-order valence-corrected chi connectivity index (χ2v) is 32.8. The summed E-state index contributed by atoms with van der Waals surface area (Å²) >= 11 is 0. The number of anilines is 1. The van der Waals surface area contributed by atoms with Gasteiger partial charge in [0.2, 0.25) is 5.91 Å². The fourth-order valence-electron chi connectivity index (χ4n) is 13.3. The Morgan fingerprint density at radius 3 is 1.27 bits per heavy atom. The molecular weight excluding hydrogens is 1810 g/mol. The predicted octanol–water partition coefficient (Wildman–Crippen LogP) is -5.97. The van der Waals surface area contributed by atoms with Crippen molar-refractivity contribution in [2.45, 2.75) is 118 Å². The molecule has 2 fully saturated rings. The largest absolute Gasteiger partial charge is 1.00 e. The van der Waals surface area contributed by atoms with Crippen molar-refractivity contribution >= 4 is 128 Å². The molecule has 0 aromatic heterocycles. The number of Topliss-reactive ketones (excluding diaryl/α,β-unsaturated/α-hetero) is 9. The zero-order valence-electron chi connectivity index (χ0n) is 73.2. The normalized spacial score (nSPS) is 14.6. The van der Waals surface area contributed by atoms with Crippen molar-refractivity contribution in [3.63, 3.8) is 0 Å². The maximum Gasteiger partial charge on any atom is 1.00 e. The first-order chi connectivity index (χ1) is 57.9. The Kier molecular flexibility index (Phi) is 59.1. The fraction of sp³-hybridized carbons (Fsp3) is 0.318. The summed E-state index contributed by atoms with van der Waals surface area (Å²) in [4.78, 5) is 145. The van der Waals surface area contributed by atoms with Crippen LogP contribution in [0.15, 0.2) is 211 Å². The van der Waals surface area contributed by atoms with Crippen LogP contribution in [0.3, 0.4) is 0 Å². The fourth-order valence-corrected chi connectivity index (χ4v) is 14.4. The van der Waals surface area contributed by atoms with Crippen LogP contribution < -0.4 is 153 Å². The molecule has 12 rings (SSSR count). The summed E-state index contributed by atoms with van der Waals surface area (Å²) < 4.78 is 142. The van der Waals surface area contributed by atoms with Crippen LogP contribution in [0, 0.1) is 59.1 Å². The van der Waals surface area contributed by atoms with Crippen molar-refractivity contribution in [3.05, 3.63) is 275 Å². The number of hydrogen-bond acceptors (Lipinski definition) is 27. The molecule has 0 spiro atoms. The molecule has 0 N–H and O–H groups in total. The maximum atomic E-state index is 12.5. The summed E-state index contributed by atoms with van der Waals surface area (Å²) in [5.41, 5.74) is 6.57. The van der Waals surface area contributed by atoms with E-state index >= 15 is 0 Å². The molecule has 40 heteroatoms. The van der Waals surface area contributed by atoms with E-state index < -0.39 is 116 Å². The van der Waals surface area contributed by atoms with E-state index in [1.165, 1.54) is 46.0 Å². The van der Waals surface area contributed by atoms with Gasteiger partial charge in [0.25, 0.3) is 11.8 Å². The SMILES string of the molecule is CC(=O)C(Cc1[c-]cccc1)C(C)=O.CC(=O)C(Cc1ccccc1S(=O)(=O)[O-])C(=O)c1ccccc1.CC1(C)CC(=O)C(Cc2[c-]cccc2)C(=O)C1.CCCC1C(=O)c2ccccc2N(CCC)C1=O.CN1C(=O)C(Cc2ccccc2)C(=O)N1CCS(=O)(=O)[O-].O=C1c2ccccc2C(=O)C1Cc1[c-]cccc1.O=S(=O)=O.O=S(=O)=O.O=S(=O)=O.[Na+].[Na+].[Na+].[Na+].[Na+]. The zero-order valence-corrected chi connectivity index (χ0v) is 87.3. The van der Waals surface area contributed by atoms with Gasteiger partial charge in [-0.15, -0.1) is 37.9 Å². The van der Waals surface area contributed by atoms with E-state index in [0.29, 0.717) is 67.3 Å². The van der Waals surface area contributed by atoms with Crippen molar-refractivity contribution < 1.29 is 269 Å². The Balaban J connectivity index is 0. The van der Waals surface area contributed by atoms with Crippen LogP contribution in [0.25, 0.3) is 0 Å². The molecule has 3 atom stereocenters. The molecule has 8 aromatic carbocycles. The van der Waals surface area contributed by atoms with Crippen LogP contribution in [-0.2, 0) is 123 Å². The van der Waals surface area contributed by atoms with Gasteiger partial charge < -0.3 is 14.0 Å². The first kappa shape index (κ1) is 123. The number of ketones is 9. The van der Waals surface area contributed by atoms with E-state index in [0.717, 1.165) is 50.8 Å². The third-order valence-corrected chi connectivity index (χ3v) is 20.6. The van der Waals surface area contributed by atoms with E-state index in [1.807, 2.05) is 143 Å². The average molecular weight is 1900 g/mol. The molecule has 0 radical (unpaired) electrons. The Morgan fingerprint density at radius 1 is 0.445 bits per heavy atom. The second kappa shape index (κ2) is 61.6. The number of hydrazine groups is 1. The number of fused-ring (bicyclic) bond motifs is 2. The molecule has 2 heterocycles. The summed E-state index contributed by atoms with van der Waals surface area (Å²) in [5, 5.41) is 2.10. The smallest absolute Gasteiger partial charge is 0.748 e. The number of carbonyl (C=O) groups excluding carboxylic acids is 12. The molecule has 128 heavy (non-hydrogen) atoms. The van der Waals surface area contributed by atoms with E-state index in [-0.39, 0.29) is 230 Å². The molecule has 8 aromatic rings. The van der Waals surface area contributed by atoms with Gasteiger partial charge in [0, 0.05) is 48.7 Å². The minimum absolute atomic E-state index is 0. The molecule has 2 aliphatic carbocycles. The van der Waals surface area contributed by atoms with Crippen molar-refractivity contribution in [2.75, 3.05) is 30.8 Å². The molecule has 654 valence electrons. The van der Waals surface area contributed by atoms with Gasteiger partial charge in [-0.25, -0.2) is 16.8 Å². The zero-order chi connectivity index (χ0) is 92.1. The Morgan fingerprint density at radius 2 is 0.844 bits per heavy atom. The minimum atomic E-state index is -4.67. The van der Waals surface area contributed by atoms with E-state index in [4.69, 9.17) is 37.9 Å². The van der Waals surface area contributed by atoms with Crippen LogP contribution >= 0.6 is 0 Å². The quantitative estimate of drug-likeness (QED) is 0.0189. The first-order valence-electron chi connectivity index (χ1n) is 37.9. The molecule has 1 saturated heterocycles. The number of amides is 3. The topological polar surface area (TPSA) is 483 Å². The van der Waals surface area contributed by atoms with E-state index in [9.17, 15) is 83.5 Å². The Bertz CT molecular complexity index is 5550. The van der Waals surface area contributed by atoms with Crippen LogP contribution in [0.5, 0.6) is 0 Å². The van der Waals surface area contributed by atoms with Crippen molar-refractivity contribution in [3.8, 4) is 0 Å². The molecular formula is C88H90N3Na5O27S5. The van der Waals surface area contributed by atoms with Crippen molar-refractivity contribution in [1.29, 1.82) is 0 Å². The standard InChI is InChI=1S/C17H16O5S.C16H11O2.C15H19NO2.C15H17O2.C13H16N2O5S.C12H13O2.5Na.3O3S/c1-12(18)15(17(19)13-7-3-2-4-8-13)11-14-9-5-6-10-16(14)23(20,21)22;17-15-12-8-4-5-9-13(12)16(18)14(15)10-11-6-2-1-3-7-11;1-3-7-12-14(17)11-8-5-6-9-13(11)16(10-4-2)15(12)18;1-15(2)9-13(16)12(14(17)10-15)8-11-6-4-3-5-7-11;1-14-12(16)11(9-10-5-3-2-4-6-10)13(17)15(14)7-8-21(18,19)20;1-9(13)12(10(2)14)8-11-6-4-3-5-7-11;;;;;;3*1-4(2)3/h2-10,15H,11H2,1H3,(H,20,21,22);1-6,8-9,14H,10H2;5-6,8-9,12H,3-4,7,10H2,1-2H3;3-6,12H,8-10H2,1-2H3;2-6,11H,7-9H2,1H3,(H,18,19,20);3-6,12H,8H2,1-2H3;;;;;;;;/q;-1;;-1;;-1;5*+1;;;/p-2. The number of benzene rings is 8. The number of rotatable bonds is 23. The van der Waals surface area contributed by atoms with Gasteiger partial charge in [-0.2, -0.15) is 108 Å². The van der Waals surface area contributed by atoms with Crippen LogP contribution in [0.4, 0.5) is 5.69 Å². The van der Waals surface area contributed by atoms with E-state index in [1.54, 1.807) is 77.7 Å². The minimum Gasteiger partial charge on any atom is -0.748 e. The van der Waals surface area contributed by atoms with Gasteiger partial charge in [0.15, 0.2) is 23.1 Å². The first-order valence-corrected chi connectivity index (χ1v) is 43.9. The maximum absolute atomic E-state index is 12.5. The molecule has 0 bridgehead atoms. The molecule has 30 nitrogen and oxygen atoms in total. The molecule has 3 amide bonds. The van der Waals surface area contributed by atoms with Gasteiger partial charge in [0.05, 0.1) is 56.7 Å². The summed E-state index contributed by atoms with van der Waals surface area (Å²) in [6, 6.07) is 69.0. The third-order valence-electron chi connectivity index (χ3n) is 19.0. The van der Waals surface area contributed by atoms with Gasteiger partial charge in [-0.1, -0.05) is 149 Å². The summed E-state index contributed by atoms with van der Waals surface area (Å²) in [6.07, 6.45) is 4.95. The van der Waals surface area contributed by atoms with Crippen LogP contribution in [0.1, 0.15) is 150 Å². The Hall–Kier alpha value is -7.12. The number of hydrogen-bond donors (Lipinski definition) is 0. The molecule has 1 saturated carbocycles. The monoisotopic (exact) mass is 1900 g/mol. The van der Waals surface area contributed by atoms with E-state index in [2.05, 4.69) is 18.2 Å². The van der Waals surface area contributed by atoms with Crippen molar-refractivity contribution in [1.82, 2.24) is 10.0 Å². The number of nitrogens with zero attached hydrogens (tertiary/aromatic N) is 3. The summed E-state index contributed by atoms with van der Waals surface area (Å²) in [6.45, 7) is 12.6. The average Bonchev–Trinajstić information content (AvgIpc) is 0.961. The van der Waals surface area contributed by atoms with Crippen LogP contribution in [0.2, 0.25) is 0 Å². The van der Waals surface area contributed by atoms with Crippen LogP contribution in [-0.4, -0.2) is 169 Å². The van der Waals surface area contributed by atoms with Crippen molar-refractivity contribution in [2.24, 2.45) is 40.9 Å². The Labute approximate surface area is 860 Å². The van der Waals surface area contributed by atoms with Gasteiger partial charge in [-0.3, -0.25) is 67.6 Å². The molecule has 4 aliphatic rings. The van der Waals surface area contributed by atoms with Gasteiger partial charge in [-0.05, 0) is 100 Å². The molecule has 3 unspecified atom stereocenters. The predicted molar refractivity (Wildman–Crippen MR) is 444 cm³/mol.